The van der Waals surface area contributed by atoms with E-state index in [9.17, 15) is 0 Å². The first-order valence-electron chi connectivity index (χ1n) is 6.09. The van der Waals surface area contributed by atoms with Crippen LogP contribution in [0.25, 0.3) is 0 Å². The first-order valence-corrected chi connectivity index (χ1v) is 6.89. The number of hydrogen-bond acceptors (Lipinski definition) is 3. The maximum absolute atomic E-state index is 5.47. The highest BCUT2D eigenvalue weighted by atomic mass is 79.9. The first kappa shape index (κ1) is 13.9. The van der Waals surface area contributed by atoms with E-state index in [0.717, 1.165) is 27.2 Å². The molecule has 0 saturated heterocycles. The minimum atomic E-state index is 0.695. The molecule has 19 heavy (non-hydrogen) atoms. The molecule has 0 aliphatic rings. The van der Waals surface area contributed by atoms with E-state index in [1.165, 1.54) is 5.56 Å². The summed E-state index contributed by atoms with van der Waals surface area (Å²) in [6.45, 7) is 4.85. The molecule has 1 N–H and O–H groups in total. The minimum absolute atomic E-state index is 0.695. The normalized spacial score (nSPS) is 10.3. The van der Waals surface area contributed by atoms with Gasteiger partial charge in [0.1, 0.15) is 11.6 Å². The van der Waals surface area contributed by atoms with Crippen molar-refractivity contribution in [1.82, 2.24) is 4.98 Å². The molecule has 1 aromatic carbocycles. The Morgan fingerprint density at radius 2 is 2.05 bits per heavy atom. The Morgan fingerprint density at radius 1 is 1.26 bits per heavy atom. The van der Waals surface area contributed by atoms with Crippen LogP contribution in [0, 0.1) is 13.8 Å². The quantitative estimate of drug-likeness (QED) is 0.921. The van der Waals surface area contributed by atoms with Gasteiger partial charge in [-0.3, -0.25) is 0 Å². The van der Waals surface area contributed by atoms with Crippen molar-refractivity contribution < 1.29 is 4.74 Å². The Balaban J connectivity index is 2.17. The topological polar surface area (TPSA) is 34.1 Å². The van der Waals surface area contributed by atoms with Crippen molar-refractivity contribution >= 4 is 21.7 Å². The number of methoxy groups -OCH3 is 1. The monoisotopic (exact) mass is 320 g/mol. The van der Waals surface area contributed by atoms with Gasteiger partial charge in [-0.25, -0.2) is 4.98 Å². The van der Waals surface area contributed by atoms with E-state index in [4.69, 9.17) is 4.74 Å². The van der Waals surface area contributed by atoms with Crippen molar-refractivity contribution in [2.75, 3.05) is 12.4 Å². The van der Waals surface area contributed by atoms with Crippen molar-refractivity contribution in [3.63, 3.8) is 0 Å². The number of nitrogens with one attached hydrogen (secondary N) is 1. The molecule has 0 aliphatic carbocycles. The lowest BCUT2D eigenvalue weighted by atomic mass is 10.1. The average molecular weight is 321 g/mol. The van der Waals surface area contributed by atoms with Crippen LogP contribution in [-0.4, -0.2) is 12.1 Å². The fraction of sp³-hybridized carbons (Fsp3) is 0.267. The van der Waals surface area contributed by atoms with Gasteiger partial charge in [0.05, 0.1) is 7.11 Å². The molecule has 1 heterocycles. The number of nitrogens with zero attached hydrogens (tertiary/aromatic N) is 1. The lowest BCUT2D eigenvalue weighted by Crippen LogP contribution is -2.04. The third kappa shape index (κ3) is 3.47. The van der Waals surface area contributed by atoms with E-state index >= 15 is 0 Å². The lowest BCUT2D eigenvalue weighted by molar-refractivity contribution is 0.407. The number of pyridine rings is 1. The van der Waals surface area contributed by atoms with Gasteiger partial charge in [-0.2, -0.15) is 0 Å². The van der Waals surface area contributed by atoms with Crippen molar-refractivity contribution in [2.45, 2.75) is 20.4 Å². The Hall–Kier alpha value is -1.55. The summed E-state index contributed by atoms with van der Waals surface area (Å²) >= 11 is 3.37. The third-order valence-electron chi connectivity index (χ3n) is 2.89. The van der Waals surface area contributed by atoms with E-state index < -0.39 is 0 Å². The van der Waals surface area contributed by atoms with Gasteiger partial charge >= 0.3 is 0 Å². The zero-order chi connectivity index (χ0) is 13.8. The highest BCUT2D eigenvalue weighted by Crippen LogP contribution is 2.25. The predicted molar refractivity (Wildman–Crippen MR) is 81.7 cm³/mol. The molecule has 1 aromatic heterocycles. The second-order valence-corrected chi connectivity index (χ2v) is 5.41. The predicted octanol–water partition coefficient (Wildman–Crippen LogP) is 4.08. The van der Waals surface area contributed by atoms with Gasteiger partial charge in [0.25, 0.3) is 0 Å². The summed E-state index contributed by atoms with van der Waals surface area (Å²) < 4.78 is 6.44. The summed E-state index contributed by atoms with van der Waals surface area (Å²) in [6.07, 6.45) is 1.78. The lowest BCUT2D eigenvalue weighted by Gasteiger charge is -2.13. The zero-order valence-electron chi connectivity index (χ0n) is 11.3. The summed E-state index contributed by atoms with van der Waals surface area (Å²) in [6, 6.07) is 8.17. The molecule has 0 amide bonds. The van der Waals surface area contributed by atoms with E-state index in [2.05, 4.69) is 52.2 Å². The van der Waals surface area contributed by atoms with Gasteiger partial charge in [-0.1, -0.05) is 17.7 Å². The van der Waals surface area contributed by atoms with Gasteiger partial charge in [-0.05, 0) is 47.5 Å². The van der Waals surface area contributed by atoms with Crippen molar-refractivity contribution in [3.8, 4) is 5.75 Å². The standard InChI is InChI=1S/C15H17BrN2O/c1-10-6-11(2)15(19-3)12(7-10)8-17-14-5-4-13(16)9-18-14/h4-7,9H,8H2,1-3H3,(H,17,18). The van der Waals surface area contributed by atoms with Gasteiger partial charge in [0.15, 0.2) is 0 Å². The largest absolute Gasteiger partial charge is 0.496 e. The molecule has 0 radical (unpaired) electrons. The summed E-state index contributed by atoms with van der Waals surface area (Å²) in [5.74, 6) is 1.79. The fourth-order valence-electron chi connectivity index (χ4n) is 2.13. The number of aryl methyl sites for hydroxylation is 2. The number of benzene rings is 1. The van der Waals surface area contributed by atoms with E-state index in [-0.39, 0.29) is 0 Å². The molecule has 0 fully saturated rings. The number of ether oxygens (including phenoxy) is 1. The number of rotatable bonds is 4. The maximum atomic E-state index is 5.47. The van der Waals surface area contributed by atoms with Crippen LogP contribution in [0.3, 0.4) is 0 Å². The highest BCUT2D eigenvalue weighted by molar-refractivity contribution is 9.10. The molecule has 2 aromatic rings. The molecule has 0 unspecified atom stereocenters. The van der Waals surface area contributed by atoms with E-state index in [1.807, 2.05) is 12.1 Å². The second-order valence-electron chi connectivity index (χ2n) is 4.49. The second kappa shape index (κ2) is 6.06. The Bertz CT molecular complexity index is 567. The Kier molecular flexibility index (Phi) is 4.43. The van der Waals surface area contributed by atoms with Gasteiger partial charge in [0, 0.05) is 22.8 Å². The Labute approximate surface area is 122 Å². The molecule has 3 nitrogen and oxygen atoms in total. The van der Waals surface area contributed by atoms with Crippen LogP contribution in [0.1, 0.15) is 16.7 Å². The molecule has 2 rings (SSSR count). The van der Waals surface area contributed by atoms with Crippen LogP contribution in [0.4, 0.5) is 5.82 Å². The molecule has 0 aliphatic heterocycles. The summed E-state index contributed by atoms with van der Waals surface area (Å²) in [5, 5.41) is 3.31. The smallest absolute Gasteiger partial charge is 0.126 e. The van der Waals surface area contributed by atoms with Crippen molar-refractivity contribution in [1.29, 1.82) is 0 Å². The van der Waals surface area contributed by atoms with Gasteiger partial charge in [-0.15, -0.1) is 0 Å². The molecule has 100 valence electrons. The minimum Gasteiger partial charge on any atom is -0.496 e. The molecule has 0 atom stereocenters. The molecule has 0 bridgehead atoms. The van der Waals surface area contributed by atoms with Gasteiger partial charge < -0.3 is 10.1 Å². The van der Waals surface area contributed by atoms with E-state index in [1.54, 1.807) is 13.3 Å². The van der Waals surface area contributed by atoms with Crippen molar-refractivity contribution in [3.05, 3.63) is 51.6 Å². The summed E-state index contributed by atoms with van der Waals surface area (Å²) in [7, 11) is 1.71. The van der Waals surface area contributed by atoms with Gasteiger partial charge in [0.2, 0.25) is 0 Å². The van der Waals surface area contributed by atoms with Crippen LogP contribution < -0.4 is 10.1 Å². The SMILES string of the molecule is COc1c(C)cc(C)cc1CNc1ccc(Br)cn1. The summed E-state index contributed by atoms with van der Waals surface area (Å²) in [5.41, 5.74) is 3.53. The first-order chi connectivity index (χ1) is 9.10. The van der Waals surface area contributed by atoms with Crippen molar-refractivity contribution in [2.24, 2.45) is 0 Å². The highest BCUT2D eigenvalue weighted by Gasteiger charge is 2.07. The van der Waals surface area contributed by atoms with Crippen LogP contribution in [0.15, 0.2) is 34.9 Å². The number of aromatic nitrogens is 1. The van der Waals surface area contributed by atoms with Crippen LogP contribution in [0.2, 0.25) is 0 Å². The van der Waals surface area contributed by atoms with E-state index in [0.29, 0.717) is 6.54 Å². The van der Waals surface area contributed by atoms with Crippen LogP contribution in [0.5, 0.6) is 5.75 Å². The number of anilines is 1. The average Bonchev–Trinajstić information content (AvgIpc) is 2.37. The molecule has 0 spiro atoms. The molecule has 4 heteroatoms. The molecular weight excluding hydrogens is 304 g/mol. The third-order valence-corrected chi connectivity index (χ3v) is 3.36. The number of halogens is 1. The maximum Gasteiger partial charge on any atom is 0.126 e. The summed E-state index contributed by atoms with van der Waals surface area (Å²) in [4.78, 5) is 4.29. The van der Waals surface area contributed by atoms with Crippen LogP contribution >= 0.6 is 15.9 Å². The zero-order valence-corrected chi connectivity index (χ0v) is 12.9. The number of hydrogen-bond donors (Lipinski definition) is 1. The fourth-order valence-corrected chi connectivity index (χ4v) is 2.37. The molecule has 0 saturated carbocycles. The Morgan fingerprint density at radius 3 is 2.68 bits per heavy atom. The van der Waals surface area contributed by atoms with Crippen LogP contribution in [-0.2, 0) is 6.54 Å². The molecular formula is C15H17BrN2O.